The summed E-state index contributed by atoms with van der Waals surface area (Å²) in [6, 6.07) is 0. The highest BCUT2D eigenvalue weighted by molar-refractivity contribution is 5.69. The topological polar surface area (TPSA) is 59.0 Å². The van der Waals surface area contributed by atoms with E-state index in [0.29, 0.717) is 19.4 Å². The van der Waals surface area contributed by atoms with Gasteiger partial charge in [0.2, 0.25) is 0 Å². The predicted molar refractivity (Wildman–Crippen MR) is 54.2 cm³/mol. The van der Waals surface area contributed by atoms with Gasteiger partial charge in [-0.2, -0.15) is 0 Å². The van der Waals surface area contributed by atoms with Crippen LogP contribution < -0.4 is 0 Å². The van der Waals surface area contributed by atoms with Crippen LogP contribution in [-0.2, 0) is 14.3 Å². The quantitative estimate of drug-likeness (QED) is 0.656. The van der Waals surface area contributed by atoms with Crippen molar-refractivity contribution in [1.82, 2.24) is 4.90 Å². The number of hydrogen-bond acceptors (Lipinski definition) is 5. The van der Waals surface area contributed by atoms with Crippen LogP contribution >= 0.6 is 0 Å². The second-order valence-electron chi connectivity index (χ2n) is 4.03. The molecular formula is C10H19NO4. The Balaban J connectivity index is 2.06. The third-order valence-corrected chi connectivity index (χ3v) is 2.28. The van der Waals surface area contributed by atoms with Gasteiger partial charge in [-0.1, -0.05) is 0 Å². The van der Waals surface area contributed by atoms with E-state index in [-0.39, 0.29) is 18.7 Å². The van der Waals surface area contributed by atoms with Crippen LogP contribution in [0, 0.1) is 0 Å². The van der Waals surface area contributed by atoms with Crippen molar-refractivity contribution < 1.29 is 19.4 Å². The zero-order valence-corrected chi connectivity index (χ0v) is 9.31. The molecule has 1 heterocycles. The summed E-state index contributed by atoms with van der Waals surface area (Å²) >= 11 is 0. The first-order chi connectivity index (χ1) is 7.08. The summed E-state index contributed by atoms with van der Waals surface area (Å²) in [6.45, 7) is 0.941. The molecule has 0 bridgehead atoms. The fraction of sp³-hybridized carbons (Fsp3) is 0.900. The lowest BCUT2D eigenvalue weighted by Gasteiger charge is -2.12. The Bertz CT molecular complexity index is 208. The van der Waals surface area contributed by atoms with Crippen LogP contribution in [0.2, 0.25) is 0 Å². The number of carbonyl (C=O) groups is 1. The smallest absolute Gasteiger partial charge is 0.307 e. The van der Waals surface area contributed by atoms with Gasteiger partial charge >= 0.3 is 5.97 Å². The van der Waals surface area contributed by atoms with Crippen molar-refractivity contribution in [2.24, 2.45) is 0 Å². The molecule has 1 N–H and O–H groups in total. The molecule has 0 aromatic heterocycles. The average molecular weight is 217 g/mol. The van der Waals surface area contributed by atoms with Crippen LogP contribution in [0.5, 0.6) is 0 Å². The third kappa shape index (κ3) is 5.11. The monoisotopic (exact) mass is 217 g/mol. The molecule has 0 amide bonds. The molecule has 1 rings (SSSR count). The minimum atomic E-state index is -0.685. The van der Waals surface area contributed by atoms with E-state index in [0.717, 1.165) is 6.42 Å². The summed E-state index contributed by atoms with van der Waals surface area (Å²) in [5.74, 6) is -0.214. The Morgan fingerprint density at radius 2 is 2.27 bits per heavy atom. The molecule has 88 valence electrons. The molecule has 1 aliphatic rings. The molecule has 5 heteroatoms. The highest BCUT2D eigenvalue weighted by atomic mass is 16.6. The van der Waals surface area contributed by atoms with E-state index in [9.17, 15) is 4.79 Å². The van der Waals surface area contributed by atoms with Crippen molar-refractivity contribution in [1.29, 1.82) is 0 Å². The normalized spacial score (nSPS) is 25.9. The molecule has 0 spiro atoms. The van der Waals surface area contributed by atoms with E-state index in [2.05, 4.69) is 0 Å². The lowest BCUT2D eigenvalue weighted by molar-refractivity contribution is -0.152. The standard InChI is InChI=1S/C10H19NO4/c1-11(2)6-5-9(12)14-7-8-3-4-10(13)15-8/h8,10,13H,3-7H2,1-2H3/t8?,10-/m1/s1. The van der Waals surface area contributed by atoms with Crippen molar-refractivity contribution in [3.63, 3.8) is 0 Å². The number of hydrogen-bond donors (Lipinski definition) is 1. The highest BCUT2D eigenvalue weighted by Crippen LogP contribution is 2.17. The molecule has 0 aliphatic carbocycles. The first kappa shape index (κ1) is 12.4. The summed E-state index contributed by atoms with van der Waals surface area (Å²) in [7, 11) is 3.81. The number of esters is 1. The van der Waals surface area contributed by atoms with Crippen LogP contribution in [0.15, 0.2) is 0 Å². The summed E-state index contributed by atoms with van der Waals surface area (Å²) < 4.78 is 10.1. The fourth-order valence-electron chi connectivity index (χ4n) is 1.38. The molecule has 2 atom stereocenters. The van der Waals surface area contributed by atoms with E-state index in [4.69, 9.17) is 14.6 Å². The lowest BCUT2D eigenvalue weighted by atomic mass is 10.2. The minimum absolute atomic E-state index is 0.136. The van der Waals surface area contributed by atoms with Gasteiger partial charge in [-0.15, -0.1) is 0 Å². The van der Waals surface area contributed by atoms with Crippen LogP contribution in [0.4, 0.5) is 0 Å². The Labute approximate surface area is 90.0 Å². The van der Waals surface area contributed by atoms with Gasteiger partial charge in [0.1, 0.15) is 6.61 Å². The van der Waals surface area contributed by atoms with E-state index < -0.39 is 6.29 Å². The Morgan fingerprint density at radius 1 is 1.53 bits per heavy atom. The molecule has 1 aliphatic heterocycles. The first-order valence-electron chi connectivity index (χ1n) is 5.22. The van der Waals surface area contributed by atoms with Crippen LogP contribution in [-0.4, -0.2) is 55.6 Å². The Morgan fingerprint density at radius 3 is 2.80 bits per heavy atom. The van der Waals surface area contributed by atoms with E-state index in [1.165, 1.54) is 0 Å². The van der Waals surface area contributed by atoms with Crippen molar-refractivity contribution in [3.05, 3.63) is 0 Å². The van der Waals surface area contributed by atoms with Gasteiger partial charge in [0.25, 0.3) is 0 Å². The SMILES string of the molecule is CN(C)CCC(=O)OCC1CC[C@H](O)O1. The number of rotatable bonds is 5. The van der Waals surface area contributed by atoms with Crippen molar-refractivity contribution in [3.8, 4) is 0 Å². The van der Waals surface area contributed by atoms with Crippen molar-refractivity contribution in [2.75, 3.05) is 27.2 Å². The molecular weight excluding hydrogens is 198 g/mol. The molecule has 0 aromatic rings. The van der Waals surface area contributed by atoms with E-state index in [1.54, 1.807) is 0 Å². The third-order valence-electron chi connectivity index (χ3n) is 2.28. The molecule has 5 nitrogen and oxygen atoms in total. The molecule has 0 radical (unpaired) electrons. The number of nitrogens with zero attached hydrogens (tertiary/aromatic N) is 1. The van der Waals surface area contributed by atoms with Crippen molar-refractivity contribution >= 4 is 5.97 Å². The summed E-state index contributed by atoms with van der Waals surface area (Å²) in [6.07, 6.45) is 0.948. The molecule has 1 unspecified atom stereocenters. The second-order valence-corrected chi connectivity index (χ2v) is 4.03. The largest absolute Gasteiger partial charge is 0.463 e. The van der Waals surface area contributed by atoms with E-state index in [1.807, 2.05) is 19.0 Å². The zero-order valence-electron chi connectivity index (χ0n) is 9.31. The number of aliphatic hydroxyl groups is 1. The maximum atomic E-state index is 11.2. The van der Waals surface area contributed by atoms with Crippen LogP contribution in [0.25, 0.3) is 0 Å². The average Bonchev–Trinajstić information content (AvgIpc) is 2.58. The zero-order chi connectivity index (χ0) is 11.3. The van der Waals surface area contributed by atoms with Crippen LogP contribution in [0.3, 0.4) is 0 Å². The van der Waals surface area contributed by atoms with Crippen LogP contribution in [0.1, 0.15) is 19.3 Å². The number of aliphatic hydroxyl groups excluding tert-OH is 1. The second kappa shape index (κ2) is 6.05. The van der Waals surface area contributed by atoms with Gasteiger partial charge in [-0.3, -0.25) is 4.79 Å². The van der Waals surface area contributed by atoms with Gasteiger partial charge < -0.3 is 19.5 Å². The maximum absolute atomic E-state index is 11.2. The van der Waals surface area contributed by atoms with Gasteiger partial charge in [-0.25, -0.2) is 0 Å². The molecule has 1 saturated heterocycles. The molecule has 1 fully saturated rings. The molecule has 15 heavy (non-hydrogen) atoms. The first-order valence-corrected chi connectivity index (χ1v) is 5.22. The molecule has 0 aromatic carbocycles. The Kier molecular flexibility index (Phi) is 5.01. The van der Waals surface area contributed by atoms with Gasteiger partial charge in [0.15, 0.2) is 6.29 Å². The highest BCUT2D eigenvalue weighted by Gasteiger charge is 2.24. The Hall–Kier alpha value is -0.650. The molecule has 0 saturated carbocycles. The number of carbonyl (C=O) groups excluding carboxylic acids is 1. The summed E-state index contributed by atoms with van der Waals surface area (Å²) in [4.78, 5) is 13.1. The summed E-state index contributed by atoms with van der Waals surface area (Å²) in [5, 5.41) is 9.07. The van der Waals surface area contributed by atoms with Gasteiger partial charge in [0.05, 0.1) is 12.5 Å². The predicted octanol–water partition coefficient (Wildman–Crippen LogP) is -0.0213. The fourth-order valence-corrected chi connectivity index (χ4v) is 1.38. The van der Waals surface area contributed by atoms with Crippen molar-refractivity contribution in [2.45, 2.75) is 31.7 Å². The minimum Gasteiger partial charge on any atom is -0.463 e. The lowest BCUT2D eigenvalue weighted by Crippen LogP contribution is -2.22. The maximum Gasteiger partial charge on any atom is 0.307 e. The van der Waals surface area contributed by atoms with Gasteiger partial charge in [0, 0.05) is 13.0 Å². The number of ether oxygens (including phenoxy) is 2. The van der Waals surface area contributed by atoms with Gasteiger partial charge in [-0.05, 0) is 20.5 Å². The van der Waals surface area contributed by atoms with E-state index >= 15 is 0 Å². The summed E-state index contributed by atoms with van der Waals surface area (Å²) in [5.41, 5.74) is 0.